The number of ketones is 1. The summed E-state index contributed by atoms with van der Waals surface area (Å²) in [6.45, 7) is 2.14. The third-order valence-corrected chi connectivity index (χ3v) is 3.35. The van der Waals surface area contributed by atoms with Crippen molar-refractivity contribution >= 4 is 5.78 Å². The molecule has 1 aliphatic heterocycles. The Bertz CT molecular complexity index is 633. The van der Waals surface area contributed by atoms with Gasteiger partial charge in [0.2, 0.25) is 0 Å². The van der Waals surface area contributed by atoms with Gasteiger partial charge >= 0.3 is 0 Å². The molecule has 0 bridgehead atoms. The lowest BCUT2D eigenvalue weighted by Crippen LogP contribution is -2.22. The quantitative estimate of drug-likeness (QED) is 0.794. The summed E-state index contributed by atoms with van der Waals surface area (Å²) in [7, 11) is 0. The van der Waals surface area contributed by atoms with Gasteiger partial charge in [0.05, 0.1) is 12.2 Å². The van der Waals surface area contributed by atoms with E-state index < -0.39 is 0 Å². The van der Waals surface area contributed by atoms with Crippen LogP contribution in [-0.4, -0.2) is 16.5 Å². The molecule has 98 valence electrons. The Hall–Kier alpha value is -2.10. The highest BCUT2D eigenvalue weighted by molar-refractivity contribution is 5.92. The SMILES string of the molecule is CC(=O)c1cccn1CC1Cc2cc(F)ccc2O1. The zero-order valence-electron chi connectivity index (χ0n) is 10.6. The van der Waals surface area contributed by atoms with Crippen LogP contribution in [0.25, 0.3) is 0 Å². The van der Waals surface area contributed by atoms with Crippen LogP contribution in [0.3, 0.4) is 0 Å². The normalized spacial score (nSPS) is 17.1. The van der Waals surface area contributed by atoms with E-state index in [-0.39, 0.29) is 17.7 Å². The molecule has 1 aromatic carbocycles. The summed E-state index contributed by atoms with van der Waals surface area (Å²) >= 11 is 0. The Morgan fingerprint density at radius 2 is 2.32 bits per heavy atom. The van der Waals surface area contributed by atoms with Crippen LogP contribution in [0.15, 0.2) is 36.5 Å². The number of Topliss-reactive ketones (excluding diaryl/α,β-unsaturated/α-hetero) is 1. The molecule has 3 nitrogen and oxygen atoms in total. The first-order valence-corrected chi connectivity index (χ1v) is 6.24. The second-order valence-corrected chi connectivity index (χ2v) is 4.80. The standard InChI is InChI=1S/C15H14FNO2/c1-10(18)14-3-2-6-17(14)9-13-8-11-7-12(16)4-5-15(11)19-13/h2-7,13H,8-9H2,1H3. The maximum absolute atomic E-state index is 13.1. The zero-order chi connectivity index (χ0) is 13.4. The summed E-state index contributed by atoms with van der Waals surface area (Å²) in [6, 6.07) is 8.21. The van der Waals surface area contributed by atoms with Gasteiger partial charge in [-0.05, 0) is 30.3 Å². The molecule has 1 unspecified atom stereocenters. The fourth-order valence-corrected chi connectivity index (χ4v) is 2.50. The first-order valence-electron chi connectivity index (χ1n) is 6.24. The van der Waals surface area contributed by atoms with Crippen molar-refractivity contribution in [2.24, 2.45) is 0 Å². The highest BCUT2D eigenvalue weighted by Gasteiger charge is 2.24. The van der Waals surface area contributed by atoms with E-state index in [0.29, 0.717) is 18.7 Å². The number of fused-ring (bicyclic) bond motifs is 1. The Morgan fingerprint density at radius 3 is 3.11 bits per heavy atom. The van der Waals surface area contributed by atoms with E-state index >= 15 is 0 Å². The van der Waals surface area contributed by atoms with Gasteiger partial charge in [0.25, 0.3) is 0 Å². The molecule has 0 saturated heterocycles. The van der Waals surface area contributed by atoms with Crippen LogP contribution in [-0.2, 0) is 13.0 Å². The summed E-state index contributed by atoms with van der Waals surface area (Å²) in [5.74, 6) is 0.530. The lowest BCUT2D eigenvalue weighted by Gasteiger charge is -2.13. The Morgan fingerprint density at radius 1 is 1.47 bits per heavy atom. The third-order valence-electron chi connectivity index (χ3n) is 3.35. The molecule has 1 aliphatic rings. The minimum absolute atomic E-state index is 0.0338. The number of carbonyl (C=O) groups excluding carboxylic acids is 1. The van der Waals surface area contributed by atoms with E-state index in [2.05, 4.69) is 0 Å². The van der Waals surface area contributed by atoms with Crippen LogP contribution >= 0.6 is 0 Å². The predicted molar refractivity (Wildman–Crippen MR) is 69.0 cm³/mol. The average molecular weight is 259 g/mol. The highest BCUT2D eigenvalue weighted by atomic mass is 19.1. The van der Waals surface area contributed by atoms with Crippen LogP contribution in [0.5, 0.6) is 5.75 Å². The topological polar surface area (TPSA) is 31.2 Å². The fraction of sp³-hybridized carbons (Fsp3) is 0.267. The zero-order valence-corrected chi connectivity index (χ0v) is 10.6. The molecule has 4 heteroatoms. The number of nitrogens with zero attached hydrogens (tertiary/aromatic N) is 1. The van der Waals surface area contributed by atoms with Gasteiger partial charge in [-0.25, -0.2) is 4.39 Å². The van der Waals surface area contributed by atoms with Crippen molar-refractivity contribution in [2.75, 3.05) is 0 Å². The molecule has 0 radical (unpaired) electrons. The summed E-state index contributed by atoms with van der Waals surface area (Å²) in [4.78, 5) is 11.5. The molecule has 0 spiro atoms. The van der Waals surface area contributed by atoms with Gasteiger partial charge in [0.1, 0.15) is 17.7 Å². The fourth-order valence-electron chi connectivity index (χ4n) is 2.50. The average Bonchev–Trinajstić information content (AvgIpc) is 2.95. The summed E-state index contributed by atoms with van der Waals surface area (Å²) in [5.41, 5.74) is 1.56. The van der Waals surface area contributed by atoms with E-state index in [1.54, 1.807) is 19.1 Å². The lowest BCUT2D eigenvalue weighted by molar-refractivity contribution is 0.100. The summed E-state index contributed by atoms with van der Waals surface area (Å²) in [6.07, 6.45) is 2.48. The van der Waals surface area contributed by atoms with Gasteiger partial charge < -0.3 is 9.30 Å². The van der Waals surface area contributed by atoms with Crippen LogP contribution in [0.4, 0.5) is 4.39 Å². The number of benzene rings is 1. The molecule has 19 heavy (non-hydrogen) atoms. The lowest BCUT2D eigenvalue weighted by atomic mass is 10.1. The minimum atomic E-state index is -0.242. The molecular formula is C15H14FNO2. The van der Waals surface area contributed by atoms with Crippen molar-refractivity contribution in [3.63, 3.8) is 0 Å². The first-order chi connectivity index (χ1) is 9.13. The monoisotopic (exact) mass is 259 g/mol. The summed E-state index contributed by atoms with van der Waals surface area (Å²) < 4.78 is 20.8. The maximum Gasteiger partial charge on any atom is 0.176 e. The van der Waals surface area contributed by atoms with Gasteiger partial charge in [-0.15, -0.1) is 0 Å². The van der Waals surface area contributed by atoms with Crippen molar-refractivity contribution < 1.29 is 13.9 Å². The number of ether oxygens (including phenoxy) is 1. The maximum atomic E-state index is 13.1. The van der Waals surface area contributed by atoms with E-state index in [0.717, 1.165) is 11.3 Å². The van der Waals surface area contributed by atoms with E-state index in [1.165, 1.54) is 12.1 Å². The van der Waals surface area contributed by atoms with Gasteiger partial charge in [-0.1, -0.05) is 0 Å². The predicted octanol–water partition coefficient (Wildman–Crippen LogP) is 2.83. The molecule has 1 atom stereocenters. The molecule has 0 aliphatic carbocycles. The molecule has 0 saturated carbocycles. The third kappa shape index (κ3) is 2.26. The second kappa shape index (κ2) is 4.53. The number of halogens is 1. The molecule has 0 amide bonds. The number of hydrogen-bond acceptors (Lipinski definition) is 2. The van der Waals surface area contributed by atoms with Crippen LogP contribution in [0, 0.1) is 5.82 Å². The molecule has 2 heterocycles. The van der Waals surface area contributed by atoms with Crippen LogP contribution < -0.4 is 4.74 Å². The van der Waals surface area contributed by atoms with E-state index in [4.69, 9.17) is 4.74 Å². The van der Waals surface area contributed by atoms with Crippen molar-refractivity contribution in [1.29, 1.82) is 0 Å². The molecule has 3 rings (SSSR count). The number of aromatic nitrogens is 1. The van der Waals surface area contributed by atoms with Crippen molar-refractivity contribution in [3.05, 3.63) is 53.6 Å². The van der Waals surface area contributed by atoms with Crippen molar-refractivity contribution in [1.82, 2.24) is 4.57 Å². The molecule has 0 fully saturated rings. The Kier molecular flexibility index (Phi) is 2.85. The molecule has 0 N–H and O–H groups in total. The Labute approximate surface area is 110 Å². The largest absolute Gasteiger partial charge is 0.488 e. The summed E-state index contributed by atoms with van der Waals surface area (Å²) in [5, 5.41) is 0. The van der Waals surface area contributed by atoms with Crippen LogP contribution in [0.1, 0.15) is 23.0 Å². The second-order valence-electron chi connectivity index (χ2n) is 4.80. The van der Waals surface area contributed by atoms with Crippen LogP contribution in [0.2, 0.25) is 0 Å². The smallest absolute Gasteiger partial charge is 0.176 e. The molecular weight excluding hydrogens is 245 g/mol. The number of rotatable bonds is 3. The number of carbonyl (C=O) groups is 1. The van der Waals surface area contributed by atoms with E-state index in [1.807, 2.05) is 16.8 Å². The molecule has 1 aromatic heterocycles. The van der Waals surface area contributed by atoms with Gasteiger partial charge in [0, 0.05) is 25.1 Å². The van der Waals surface area contributed by atoms with Crippen molar-refractivity contribution in [3.8, 4) is 5.75 Å². The van der Waals surface area contributed by atoms with Gasteiger partial charge in [-0.2, -0.15) is 0 Å². The highest BCUT2D eigenvalue weighted by Crippen LogP contribution is 2.30. The number of hydrogen-bond donors (Lipinski definition) is 0. The minimum Gasteiger partial charge on any atom is -0.488 e. The van der Waals surface area contributed by atoms with E-state index in [9.17, 15) is 9.18 Å². The van der Waals surface area contributed by atoms with Crippen molar-refractivity contribution in [2.45, 2.75) is 26.0 Å². The van der Waals surface area contributed by atoms with Gasteiger partial charge in [-0.3, -0.25) is 4.79 Å². The Balaban J connectivity index is 1.77. The molecule has 2 aromatic rings. The first kappa shape index (κ1) is 12.0. The van der Waals surface area contributed by atoms with Gasteiger partial charge in [0.15, 0.2) is 5.78 Å².